The average Bonchev–Trinajstić information content (AvgIpc) is 2.35. The van der Waals surface area contributed by atoms with Crippen LogP contribution in [0.5, 0.6) is 5.75 Å². The summed E-state index contributed by atoms with van der Waals surface area (Å²) >= 11 is 5.87. The van der Waals surface area contributed by atoms with E-state index in [2.05, 4.69) is 5.32 Å². The molecule has 1 fully saturated rings. The van der Waals surface area contributed by atoms with Gasteiger partial charge in [0.05, 0.1) is 0 Å². The molecule has 1 aromatic rings. The normalized spacial score (nSPS) is 24.6. The van der Waals surface area contributed by atoms with Crippen LogP contribution in [0, 0.1) is 5.92 Å². The van der Waals surface area contributed by atoms with Crippen molar-refractivity contribution in [2.24, 2.45) is 5.92 Å². The Morgan fingerprint density at radius 1 is 1.24 bits per heavy atom. The number of hydrogen-bond acceptors (Lipinski definition) is 2. The van der Waals surface area contributed by atoms with Crippen LogP contribution in [0.3, 0.4) is 0 Å². The molecule has 94 valence electrons. The lowest BCUT2D eigenvalue weighted by molar-refractivity contribution is 0.0931. The second kappa shape index (κ2) is 6.27. The average molecular weight is 254 g/mol. The molecule has 1 aliphatic rings. The van der Waals surface area contributed by atoms with Crippen molar-refractivity contribution in [3.05, 3.63) is 29.3 Å². The first-order valence-electron chi connectivity index (χ1n) is 6.36. The Hall–Kier alpha value is -0.730. The fourth-order valence-electron chi connectivity index (χ4n) is 2.51. The van der Waals surface area contributed by atoms with Crippen LogP contribution < -0.4 is 10.1 Å². The summed E-state index contributed by atoms with van der Waals surface area (Å²) in [5.41, 5.74) is 0. The lowest BCUT2D eigenvalue weighted by Gasteiger charge is -2.31. The highest BCUT2D eigenvalue weighted by atomic mass is 35.5. The molecule has 2 unspecified atom stereocenters. The molecule has 0 amide bonds. The van der Waals surface area contributed by atoms with Crippen molar-refractivity contribution >= 4 is 11.6 Å². The van der Waals surface area contributed by atoms with Crippen LogP contribution in [0.4, 0.5) is 0 Å². The van der Waals surface area contributed by atoms with E-state index in [1.54, 1.807) is 0 Å². The second-order valence-electron chi connectivity index (χ2n) is 4.71. The SMILES string of the molecule is CNCC1CCCCC1Oc1ccc(Cl)cc1. The maximum absolute atomic E-state index is 6.08. The molecule has 17 heavy (non-hydrogen) atoms. The van der Waals surface area contributed by atoms with E-state index in [1.165, 1.54) is 19.3 Å². The van der Waals surface area contributed by atoms with Crippen LogP contribution in [0.15, 0.2) is 24.3 Å². The Morgan fingerprint density at radius 3 is 2.65 bits per heavy atom. The molecule has 1 aliphatic carbocycles. The van der Waals surface area contributed by atoms with E-state index < -0.39 is 0 Å². The zero-order valence-corrected chi connectivity index (χ0v) is 11.0. The predicted octanol–water partition coefficient (Wildman–Crippen LogP) is 3.50. The monoisotopic (exact) mass is 253 g/mol. The van der Waals surface area contributed by atoms with Crippen LogP contribution in [-0.4, -0.2) is 19.7 Å². The third-order valence-electron chi connectivity index (χ3n) is 3.41. The number of nitrogens with one attached hydrogen (secondary N) is 1. The standard InChI is InChI=1S/C14H20ClNO/c1-16-10-11-4-2-3-5-14(11)17-13-8-6-12(15)7-9-13/h6-9,11,14,16H,2-5,10H2,1H3. The number of rotatable bonds is 4. The van der Waals surface area contributed by atoms with Crippen molar-refractivity contribution in [3.63, 3.8) is 0 Å². The second-order valence-corrected chi connectivity index (χ2v) is 5.15. The van der Waals surface area contributed by atoms with Gasteiger partial charge in [-0.2, -0.15) is 0 Å². The molecule has 1 saturated carbocycles. The fraction of sp³-hybridized carbons (Fsp3) is 0.571. The molecule has 2 rings (SSSR count). The summed E-state index contributed by atoms with van der Waals surface area (Å²) < 4.78 is 6.08. The van der Waals surface area contributed by atoms with E-state index in [4.69, 9.17) is 16.3 Å². The van der Waals surface area contributed by atoms with Gasteiger partial charge in [-0.05, 0) is 50.6 Å². The lowest BCUT2D eigenvalue weighted by atomic mass is 9.86. The van der Waals surface area contributed by atoms with Gasteiger partial charge in [0.25, 0.3) is 0 Å². The zero-order chi connectivity index (χ0) is 12.1. The van der Waals surface area contributed by atoms with Gasteiger partial charge in [-0.1, -0.05) is 18.0 Å². The molecule has 0 radical (unpaired) electrons. The van der Waals surface area contributed by atoms with Crippen LogP contribution in [0.25, 0.3) is 0 Å². The van der Waals surface area contributed by atoms with Gasteiger partial charge in [0.1, 0.15) is 11.9 Å². The molecule has 0 heterocycles. The van der Waals surface area contributed by atoms with Crippen LogP contribution in [0.2, 0.25) is 5.02 Å². The van der Waals surface area contributed by atoms with Crippen molar-refractivity contribution in [2.75, 3.05) is 13.6 Å². The highest BCUT2D eigenvalue weighted by Gasteiger charge is 2.26. The molecule has 0 spiro atoms. The molecule has 1 aromatic carbocycles. The topological polar surface area (TPSA) is 21.3 Å². The van der Waals surface area contributed by atoms with E-state index >= 15 is 0 Å². The van der Waals surface area contributed by atoms with Crippen LogP contribution in [-0.2, 0) is 0 Å². The third kappa shape index (κ3) is 3.62. The minimum absolute atomic E-state index is 0.345. The zero-order valence-electron chi connectivity index (χ0n) is 10.3. The molecule has 0 aliphatic heterocycles. The summed E-state index contributed by atoms with van der Waals surface area (Å²) in [4.78, 5) is 0. The number of benzene rings is 1. The van der Waals surface area contributed by atoms with Crippen molar-refractivity contribution < 1.29 is 4.74 Å². The fourth-order valence-corrected chi connectivity index (χ4v) is 2.64. The third-order valence-corrected chi connectivity index (χ3v) is 3.66. The molecule has 0 saturated heterocycles. The number of ether oxygens (including phenoxy) is 1. The summed E-state index contributed by atoms with van der Waals surface area (Å²) in [5.74, 6) is 1.56. The summed E-state index contributed by atoms with van der Waals surface area (Å²) in [6.07, 6.45) is 5.37. The van der Waals surface area contributed by atoms with Crippen molar-refractivity contribution in [1.29, 1.82) is 0 Å². The van der Waals surface area contributed by atoms with E-state index in [9.17, 15) is 0 Å². The maximum Gasteiger partial charge on any atom is 0.119 e. The molecule has 0 bridgehead atoms. The summed E-state index contributed by atoms with van der Waals surface area (Å²) in [6, 6.07) is 7.67. The highest BCUT2D eigenvalue weighted by Crippen LogP contribution is 2.28. The molecular formula is C14H20ClNO. The van der Waals surface area contributed by atoms with Crippen molar-refractivity contribution in [2.45, 2.75) is 31.8 Å². The predicted molar refractivity (Wildman–Crippen MR) is 71.8 cm³/mol. The van der Waals surface area contributed by atoms with E-state index in [0.717, 1.165) is 23.7 Å². The summed E-state index contributed by atoms with van der Waals surface area (Å²) in [5, 5.41) is 4.02. The van der Waals surface area contributed by atoms with Crippen LogP contribution in [0.1, 0.15) is 25.7 Å². The summed E-state index contributed by atoms with van der Waals surface area (Å²) in [7, 11) is 2.01. The van der Waals surface area contributed by atoms with Crippen molar-refractivity contribution in [3.8, 4) is 5.75 Å². The first-order chi connectivity index (χ1) is 8.29. The Bertz CT molecular complexity index is 337. The quantitative estimate of drug-likeness (QED) is 0.887. The van der Waals surface area contributed by atoms with Gasteiger partial charge in [0.2, 0.25) is 0 Å². The Kier molecular flexibility index (Phi) is 4.69. The van der Waals surface area contributed by atoms with Gasteiger partial charge < -0.3 is 10.1 Å². The first-order valence-corrected chi connectivity index (χ1v) is 6.74. The van der Waals surface area contributed by atoms with Gasteiger partial charge in [-0.3, -0.25) is 0 Å². The van der Waals surface area contributed by atoms with E-state index in [1.807, 2.05) is 31.3 Å². The summed E-state index contributed by atoms with van der Waals surface area (Å²) in [6.45, 7) is 1.04. The lowest BCUT2D eigenvalue weighted by Crippen LogP contribution is -2.36. The van der Waals surface area contributed by atoms with Gasteiger partial charge in [0, 0.05) is 17.5 Å². The highest BCUT2D eigenvalue weighted by molar-refractivity contribution is 6.30. The largest absolute Gasteiger partial charge is 0.490 e. The number of halogens is 1. The minimum Gasteiger partial charge on any atom is -0.490 e. The van der Waals surface area contributed by atoms with Crippen LogP contribution >= 0.6 is 11.6 Å². The molecule has 0 aromatic heterocycles. The van der Waals surface area contributed by atoms with Gasteiger partial charge in [0.15, 0.2) is 0 Å². The molecule has 1 N–H and O–H groups in total. The first kappa shape index (κ1) is 12.7. The smallest absolute Gasteiger partial charge is 0.119 e. The molecule has 3 heteroatoms. The Labute approximate surface area is 108 Å². The van der Waals surface area contributed by atoms with Crippen molar-refractivity contribution in [1.82, 2.24) is 5.32 Å². The molecular weight excluding hydrogens is 234 g/mol. The Balaban J connectivity index is 1.97. The Morgan fingerprint density at radius 2 is 1.94 bits per heavy atom. The number of hydrogen-bond donors (Lipinski definition) is 1. The van der Waals surface area contributed by atoms with E-state index in [-0.39, 0.29) is 0 Å². The van der Waals surface area contributed by atoms with Gasteiger partial charge in [-0.25, -0.2) is 0 Å². The molecule has 2 atom stereocenters. The molecule has 2 nitrogen and oxygen atoms in total. The van der Waals surface area contributed by atoms with Gasteiger partial charge in [-0.15, -0.1) is 0 Å². The maximum atomic E-state index is 6.08. The van der Waals surface area contributed by atoms with Gasteiger partial charge >= 0.3 is 0 Å². The minimum atomic E-state index is 0.345. The van der Waals surface area contributed by atoms with E-state index in [0.29, 0.717) is 12.0 Å².